The highest BCUT2D eigenvalue weighted by atomic mass is 35.5. The third kappa shape index (κ3) is 4.91. The molecule has 6 heteroatoms. The molecule has 0 saturated carbocycles. The van der Waals surface area contributed by atoms with Crippen molar-refractivity contribution in [3.05, 3.63) is 34.7 Å². The van der Waals surface area contributed by atoms with Gasteiger partial charge < -0.3 is 14.5 Å². The lowest BCUT2D eigenvalue weighted by Gasteiger charge is -2.19. The number of ether oxygens (including phenoxy) is 1. The molecule has 0 aliphatic heterocycles. The van der Waals surface area contributed by atoms with Gasteiger partial charge in [0.2, 0.25) is 0 Å². The molecule has 22 heavy (non-hydrogen) atoms. The van der Waals surface area contributed by atoms with Crippen LogP contribution in [0.1, 0.15) is 46.0 Å². The number of carbonyl (C=O) groups excluding carboxylic acids is 1. The minimum Gasteiger partial charge on any atom is -0.444 e. The van der Waals surface area contributed by atoms with Crippen molar-refractivity contribution in [2.24, 2.45) is 0 Å². The van der Waals surface area contributed by atoms with Gasteiger partial charge in [0, 0.05) is 23.0 Å². The predicted octanol–water partition coefficient (Wildman–Crippen LogP) is 4.35. The molecule has 0 bridgehead atoms. The Morgan fingerprint density at radius 3 is 2.64 bits per heavy atom. The molecule has 2 heterocycles. The van der Waals surface area contributed by atoms with Crippen LogP contribution in [-0.4, -0.2) is 21.1 Å². The first-order valence-electron chi connectivity index (χ1n) is 7.36. The number of hydrogen-bond donors (Lipinski definition) is 1. The zero-order chi connectivity index (χ0) is 16.9. The fourth-order valence-corrected chi connectivity index (χ4v) is 1.98. The molecule has 0 aromatic carbocycles. The standard InChI is InChI=1S/C14H18ClN3O2.C2H6/c1-9-11(8-16-13(19)20-14(2,3)4)17-12-7-10(15)5-6-18(9)12;1-2/h5-7H,8H2,1-4H3,(H,16,19);1-2H3. The topological polar surface area (TPSA) is 55.6 Å². The largest absolute Gasteiger partial charge is 0.444 e. The summed E-state index contributed by atoms with van der Waals surface area (Å²) in [7, 11) is 0. The molecule has 1 amide bonds. The lowest BCUT2D eigenvalue weighted by Crippen LogP contribution is -2.32. The molecule has 2 aromatic heterocycles. The van der Waals surface area contributed by atoms with Crippen LogP contribution in [0.3, 0.4) is 0 Å². The SMILES string of the molecule is CC.Cc1c(CNC(=O)OC(C)(C)C)nc2cc(Cl)ccn12. The normalized spacial score (nSPS) is 10.9. The minimum absolute atomic E-state index is 0.319. The number of imidazole rings is 1. The lowest BCUT2D eigenvalue weighted by atomic mass is 10.2. The number of amides is 1. The summed E-state index contributed by atoms with van der Waals surface area (Å²) in [5, 5.41) is 3.34. The maximum atomic E-state index is 11.6. The van der Waals surface area contributed by atoms with E-state index in [0.29, 0.717) is 11.6 Å². The predicted molar refractivity (Wildman–Crippen MR) is 89.4 cm³/mol. The Hall–Kier alpha value is -1.75. The molecule has 0 fully saturated rings. The number of rotatable bonds is 2. The monoisotopic (exact) mass is 325 g/mol. The van der Waals surface area contributed by atoms with Crippen LogP contribution in [0.4, 0.5) is 4.79 Å². The third-order valence-electron chi connectivity index (χ3n) is 2.72. The molecule has 2 aromatic rings. The van der Waals surface area contributed by atoms with Crippen molar-refractivity contribution in [2.45, 2.75) is 53.7 Å². The van der Waals surface area contributed by atoms with Crippen LogP contribution >= 0.6 is 11.6 Å². The Kier molecular flexibility index (Phi) is 6.23. The zero-order valence-corrected chi connectivity index (χ0v) is 14.8. The van der Waals surface area contributed by atoms with Crippen LogP contribution < -0.4 is 5.32 Å². The van der Waals surface area contributed by atoms with Crippen molar-refractivity contribution in [1.29, 1.82) is 0 Å². The van der Waals surface area contributed by atoms with Gasteiger partial charge in [-0.1, -0.05) is 25.4 Å². The second-order valence-corrected chi connectivity index (χ2v) is 6.01. The summed E-state index contributed by atoms with van der Waals surface area (Å²) in [6.45, 7) is 11.7. The second kappa shape index (κ2) is 7.49. The van der Waals surface area contributed by atoms with E-state index in [0.717, 1.165) is 17.0 Å². The van der Waals surface area contributed by atoms with Gasteiger partial charge in [0.05, 0.1) is 12.2 Å². The number of alkyl carbamates (subject to hydrolysis) is 1. The molecule has 2 rings (SSSR count). The third-order valence-corrected chi connectivity index (χ3v) is 2.96. The van der Waals surface area contributed by atoms with Crippen LogP contribution in [0.25, 0.3) is 5.65 Å². The van der Waals surface area contributed by atoms with E-state index in [2.05, 4.69) is 10.3 Å². The highest BCUT2D eigenvalue weighted by molar-refractivity contribution is 6.30. The van der Waals surface area contributed by atoms with Crippen molar-refractivity contribution < 1.29 is 9.53 Å². The molecule has 0 saturated heterocycles. The van der Waals surface area contributed by atoms with Crippen LogP contribution in [-0.2, 0) is 11.3 Å². The Balaban J connectivity index is 0.00000116. The number of fused-ring (bicyclic) bond motifs is 1. The summed E-state index contributed by atoms with van der Waals surface area (Å²) in [6.07, 6.45) is 1.41. The first-order chi connectivity index (χ1) is 10.3. The van der Waals surface area contributed by atoms with Crippen molar-refractivity contribution in [3.8, 4) is 0 Å². The second-order valence-electron chi connectivity index (χ2n) is 5.57. The lowest BCUT2D eigenvalue weighted by molar-refractivity contribution is 0.0523. The van der Waals surface area contributed by atoms with Gasteiger partial charge in [-0.25, -0.2) is 9.78 Å². The van der Waals surface area contributed by atoms with Gasteiger partial charge in [0.15, 0.2) is 0 Å². The summed E-state index contributed by atoms with van der Waals surface area (Å²) in [5.41, 5.74) is 2.01. The van der Waals surface area contributed by atoms with Crippen LogP contribution in [0, 0.1) is 6.92 Å². The number of pyridine rings is 1. The molecule has 122 valence electrons. The quantitative estimate of drug-likeness (QED) is 0.893. The van der Waals surface area contributed by atoms with E-state index < -0.39 is 11.7 Å². The first kappa shape index (κ1) is 18.3. The average molecular weight is 326 g/mol. The number of aromatic nitrogens is 2. The van der Waals surface area contributed by atoms with Gasteiger partial charge >= 0.3 is 6.09 Å². The van der Waals surface area contributed by atoms with Crippen LogP contribution in [0.2, 0.25) is 5.02 Å². The number of halogens is 1. The van der Waals surface area contributed by atoms with Crippen molar-refractivity contribution in [3.63, 3.8) is 0 Å². The van der Waals surface area contributed by atoms with Crippen molar-refractivity contribution in [1.82, 2.24) is 14.7 Å². The van der Waals surface area contributed by atoms with Gasteiger partial charge in [0.25, 0.3) is 0 Å². The van der Waals surface area contributed by atoms with Crippen molar-refractivity contribution >= 4 is 23.3 Å². The molecule has 0 unspecified atom stereocenters. The van der Waals surface area contributed by atoms with Gasteiger partial charge in [0.1, 0.15) is 11.2 Å². The summed E-state index contributed by atoms with van der Waals surface area (Å²) >= 11 is 5.94. The number of nitrogens with zero attached hydrogens (tertiary/aromatic N) is 2. The summed E-state index contributed by atoms with van der Waals surface area (Å²) in [5.74, 6) is 0. The van der Waals surface area contributed by atoms with E-state index in [9.17, 15) is 4.79 Å². The molecular formula is C16H24ClN3O2. The molecule has 5 nitrogen and oxygen atoms in total. The number of carbonyl (C=O) groups is 1. The van der Waals surface area contributed by atoms with E-state index in [1.54, 1.807) is 12.1 Å². The van der Waals surface area contributed by atoms with E-state index in [-0.39, 0.29) is 0 Å². The Morgan fingerprint density at radius 1 is 1.41 bits per heavy atom. The molecular weight excluding hydrogens is 302 g/mol. The minimum atomic E-state index is -0.508. The molecule has 0 spiro atoms. The van der Waals surface area contributed by atoms with Crippen LogP contribution in [0.5, 0.6) is 0 Å². The van der Waals surface area contributed by atoms with Crippen LogP contribution in [0.15, 0.2) is 18.3 Å². The smallest absolute Gasteiger partial charge is 0.407 e. The van der Waals surface area contributed by atoms with Gasteiger partial charge in [-0.05, 0) is 33.8 Å². The fourth-order valence-electron chi connectivity index (χ4n) is 1.83. The number of aryl methyl sites for hydroxylation is 1. The number of nitrogens with one attached hydrogen (secondary N) is 1. The first-order valence-corrected chi connectivity index (χ1v) is 7.74. The molecule has 0 atom stereocenters. The maximum absolute atomic E-state index is 11.6. The molecule has 0 aliphatic rings. The van der Waals surface area contributed by atoms with Gasteiger partial charge in [-0.2, -0.15) is 0 Å². The average Bonchev–Trinajstić information content (AvgIpc) is 2.73. The summed E-state index contributed by atoms with van der Waals surface area (Å²) in [6, 6.07) is 3.58. The van der Waals surface area contributed by atoms with E-state index in [4.69, 9.17) is 16.3 Å². The number of hydrogen-bond acceptors (Lipinski definition) is 3. The van der Waals surface area contributed by atoms with Crippen molar-refractivity contribution in [2.75, 3.05) is 0 Å². The van der Waals surface area contributed by atoms with Gasteiger partial charge in [-0.3, -0.25) is 0 Å². The molecule has 0 aliphatic carbocycles. The fraction of sp³-hybridized carbons (Fsp3) is 0.500. The van der Waals surface area contributed by atoms with E-state index >= 15 is 0 Å². The highest BCUT2D eigenvalue weighted by Crippen LogP contribution is 2.16. The highest BCUT2D eigenvalue weighted by Gasteiger charge is 2.16. The van der Waals surface area contributed by atoms with E-state index in [1.165, 1.54) is 0 Å². The Bertz CT molecular complexity index is 645. The Labute approximate surface area is 136 Å². The summed E-state index contributed by atoms with van der Waals surface area (Å²) in [4.78, 5) is 16.1. The zero-order valence-electron chi connectivity index (χ0n) is 14.0. The van der Waals surface area contributed by atoms with Gasteiger partial charge in [-0.15, -0.1) is 0 Å². The maximum Gasteiger partial charge on any atom is 0.407 e. The molecule has 0 radical (unpaired) electrons. The summed E-state index contributed by atoms with van der Waals surface area (Å²) < 4.78 is 7.12. The van der Waals surface area contributed by atoms with E-state index in [1.807, 2.05) is 52.1 Å². The Morgan fingerprint density at radius 2 is 2.05 bits per heavy atom. The molecule has 1 N–H and O–H groups in total.